The molecular weight excluding hydrogens is 252 g/mol. The first-order valence-corrected chi connectivity index (χ1v) is 5.84. The minimum Gasteiger partial charge on any atom is -0.468 e. The molecule has 0 radical (unpaired) electrons. The average Bonchev–Trinajstić information content (AvgIpc) is 2.21. The van der Waals surface area contributed by atoms with E-state index >= 15 is 0 Å². The Hall–Kier alpha value is -1.79. The van der Waals surface area contributed by atoms with Crippen LogP contribution in [-0.2, 0) is 19.1 Å². The molecule has 0 aliphatic carbocycles. The summed E-state index contributed by atoms with van der Waals surface area (Å²) in [6, 6.07) is 0. The van der Waals surface area contributed by atoms with E-state index in [1.165, 1.54) is 21.0 Å². The van der Waals surface area contributed by atoms with Gasteiger partial charge in [0.2, 0.25) is 5.91 Å². The van der Waals surface area contributed by atoms with E-state index < -0.39 is 29.1 Å². The number of carbonyl (C=O) groups is 3. The molecular formula is C12H22N2O5. The third-order valence-corrected chi connectivity index (χ3v) is 2.00. The van der Waals surface area contributed by atoms with Crippen molar-refractivity contribution in [2.24, 2.45) is 0 Å². The number of amides is 2. The predicted octanol–water partition coefficient (Wildman–Crippen LogP) is 0.579. The third-order valence-electron chi connectivity index (χ3n) is 2.00. The van der Waals surface area contributed by atoms with Crippen molar-refractivity contribution in [1.29, 1.82) is 0 Å². The summed E-state index contributed by atoms with van der Waals surface area (Å²) >= 11 is 0. The number of methoxy groups -OCH3 is 1. The second-order valence-electron chi connectivity index (χ2n) is 5.51. The number of rotatable bonds is 4. The largest absolute Gasteiger partial charge is 0.468 e. The van der Waals surface area contributed by atoms with Crippen LogP contribution < -0.4 is 10.6 Å². The molecule has 110 valence electrons. The molecule has 0 unspecified atom stereocenters. The molecule has 0 aliphatic rings. The van der Waals surface area contributed by atoms with E-state index in [2.05, 4.69) is 15.4 Å². The molecule has 19 heavy (non-hydrogen) atoms. The summed E-state index contributed by atoms with van der Waals surface area (Å²) in [7, 11) is 1.22. The fraction of sp³-hybridized carbons (Fsp3) is 0.750. The number of nitrogens with one attached hydrogen (secondary N) is 2. The molecule has 7 heteroatoms. The fourth-order valence-corrected chi connectivity index (χ4v) is 1.06. The molecule has 0 aromatic carbocycles. The van der Waals surface area contributed by atoms with Crippen LogP contribution in [0.4, 0.5) is 4.79 Å². The average molecular weight is 274 g/mol. The molecule has 0 fully saturated rings. The summed E-state index contributed by atoms with van der Waals surface area (Å²) in [6.07, 6.45) is -0.703. The number of carbonyl (C=O) groups excluding carboxylic acids is 3. The van der Waals surface area contributed by atoms with Crippen molar-refractivity contribution in [3.8, 4) is 0 Å². The number of ether oxygens (including phenoxy) is 2. The molecule has 7 nitrogen and oxygen atoms in total. The molecule has 0 aromatic rings. The van der Waals surface area contributed by atoms with Crippen molar-refractivity contribution in [2.45, 2.75) is 45.8 Å². The quantitative estimate of drug-likeness (QED) is 0.731. The van der Waals surface area contributed by atoms with E-state index in [0.29, 0.717) is 0 Å². The minimum absolute atomic E-state index is 0.255. The Morgan fingerprint density at radius 1 is 1.05 bits per heavy atom. The van der Waals surface area contributed by atoms with Crippen LogP contribution in [0, 0.1) is 0 Å². The summed E-state index contributed by atoms with van der Waals surface area (Å²) in [5.41, 5.74) is -1.85. The maximum absolute atomic E-state index is 11.8. The van der Waals surface area contributed by atoms with Crippen LogP contribution >= 0.6 is 0 Å². The molecule has 0 spiro atoms. The van der Waals surface area contributed by atoms with Crippen molar-refractivity contribution in [3.05, 3.63) is 0 Å². The zero-order valence-corrected chi connectivity index (χ0v) is 12.2. The Bertz CT molecular complexity index is 358. The Morgan fingerprint density at radius 3 is 2.00 bits per heavy atom. The molecule has 0 aromatic heterocycles. The van der Waals surface area contributed by atoms with Gasteiger partial charge in [0.1, 0.15) is 17.7 Å². The smallest absolute Gasteiger partial charge is 0.408 e. The van der Waals surface area contributed by atoms with E-state index in [9.17, 15) is 14.4 Å². The van der Waals surface area contributed by atoms with Gasteiger partial charge in [0.25, 0.3) is 0 Å². The van der Waals surface area contributed by atoms with E-state index in [-0.39, 0.29) is 6.54 Å². The van der Waals surface area contributed by atoms with Crippen molar-refractivity contribution >= 4 is 18.0 Å². The highest BCUT2D eigenvalue weighted by Gasteiger charge is 2.31. The lowest BCUT2D eigenvalue weighted by molar-refractivity contribution is -0.141. The standard InChI is InChI=1S/C12H22N2O5/c1-11(2,3)19-10(17)14-12(4,5)9(16)13-7-8(15)18-6/h7H2,1-6H3,(H,13,16)(H,14,17). The van der Waals surface area contributed by atoms with Gasteiger partial charge in [0.15, 0.2) is 0 Å². The van der Waals surface area contributed by atoms with Crippen LogP contribution in [0.25, 0.3) is 0 Å². The van der Waals surface area contributed by atoms with E-state index in [4.69, 9.17) is 4.74 Å². The van der Waals surface area contributed by atoms with Gasteiger partial charge in [0, 0.05) is 0 Å². The Kier molecular flexibility index (Phi) is 5.80. The molecule has 0 aliphatic heterocycles. The molecule has 0 rings (SSSR count). The molecule has 0 bridgehead atoms. The minimum atomic E-state index is -1.20. The number of alkyl carbamates (subject to hydrolysis) is 1. The van der Waals surface area contributed by atoms with Gasteiger partial charge in [-0.1, -0.05) is 0 Å². The van der Waals surface area contributed by atoms with Crippen LogP contribution in [0.15, 0.2) is 0 Å². The highest BCUT2D eigenvalue weighted by molar-refractivity contribution is 5.91. The number of hydrogen-bond acceptors (Lipinski definition) is 5. The summed E-state index contributed by atoms with van der Waals surface area (Å²) in [6.45, 7) is 7.91. The van der Waals surface area contributed by atoms with Gasteiger partial charge < -0.3 is 20.1 Å². The van der Waals surface area contributed by atoms with Crippen LogP contribution in [0.2, 0.25) is 0 Å². The lowest BCUT2D eigenvalue weighted by atomic mass is 10.1. The van der Waals surface area contributed by atoms with Gasteiger partial charge in [-0.25, -0.2) is 4.79 Å². The first-order valence-electron chi connectivity index (χ1n) is 5.84. The van der Waals surface area contributed by atoms with Crippen molar-refractivity contribution in [2.75, 3.05) is 13.7 Å². The maximum Gasteiger partial charge on any atom is 0.408 e. The van der Waals surface area contributed by atoms with Crippen LogP contribution in [0.1, 0.15) is 34.6 Å². The van der Waals surface area contributed by atoms with Gasteiger partial charge in [-0.15, -0.1) is 0 Å². The predicted molar refractivity (Wildman–Crippen MR) is 68.5 cm³/mol. The van der Waals surface area contributed by atoms with Gasteiger partial charge in [-0.2, -0.15) is 0 Å². The maximum atomic E-state index is 11.8. The van der Waals surface area contributed by atoms with Crippen molar-refractivity contribution in [1.82, 2.24) is 10.6 Å². The second kappa shape index (κ2) is 6.40. The SMILES string of the molecule is COC(=O)CNC(=O)C(C)(C)NC(=O)OC(C)(C)C. The van der Waals surface area contributed by atoms with Gasteiger partial charge >= 0.3 is 12.1 Å². The van der Waals surface area contributed by atoms with Crippen LogP contribution in [0.3, 0.4) is 0 Å². The van der Waals surface area contributed by atoms with Gasteiger partial charge in [-0.05, 0) is 34.6 Å². The van der Waals surface area contributed by atoms with E-state index in [1.54, 1.807) is 20.8 Å². The van der Waals surface area contributed by atoms with E-state index in [0.717, 1.165) is 0 Å². The molecule has 2 amide bonds. The molecule has 0 saturated heterocycles. The molecule has 0 atom stereocenters. The normalized spacial score (nSPS) is 11.5. The topological polar surface area (TPSA) is 93.7 Å². The summed E-state index contributed by atoms with van der Waals surface area (Å²) in [4.78, 5) is 34.3. The lowest BCUT2D eigenvalue weighted by Gasteiger charge is -2.27. The van der Waals surface area contributed by atoms with Crippen molar-refractivity contribution in [3.63, 3.8) is 0 Å². The third kappa shape index (κ3) is 7.28. The first-order chi connectivity index (χ1) is 8.48. The Balaban J connectivity index is 4.41. The first kappa shape index (κ1) is 17.2. The monoisotopic (exact) mass is 274 g/mol. The lowest BCUT2D eigenvalue weighted by Crippen LogP contribution is -2.56. The van der Waals surface area contributed by atoms with Gasteiger partial charge in [0.05, 0.1) is 7.11 Å². The highest BCUT2D eigenvalue weighted by atomic mass is 16.6. The Morgan fingerprint density at radius 2 is 1.58 bits per heavy atom. The zero-order chi connectivity index (χ0) is 15.3. The van der Waals surface area contributed by atoms with Crippen LogP contribution in [0.5, 0.6) is 0 Å². The molecule has 2 N–H and O–H groups in total. The number of hydrogen-bond donors (Lipinski definition) is 2. The highest BCUT2D eigenvalue weighted by Crippen LogP contribution is 2.09. The summed E-state index contributed by atoms with van der Waals surface area (Å²) in [5, 5.41) is 4.79. The number of esters is 1. The van der Waals surface area contributed by atoms with E-state index in [1.807, 2.05) is 0 Å². The zero-order valence-electron chi connectivity index (χ0n) is 12.2. The fourth-order valence-electron chi connectivity index (χ4n) is 1.06. The van der Waals surface area contributed by atoms with Gasteiger partial charge in [-0.3, -0.25) is 9.59 Å². The second-order valence-corrected chi connectivity index (χ2v) is 5.51. The summed E-state index contributed by atoms with van der Waals surface area (Å²) < 4.78 is 9.44. The molecule has 0 saturated carbocycles. The van der Waals surface area contributed by atoms with Crippen molar-refractivity contribution < 1.29 is 23.9 Å². The Labute approximate surface area is 113 Å². The molecule has 0 heterocycles. The summed E-state index contributed by atoms with van der Waals surface area (Å²) in [5.74, 6) is -1.08. The van der Waals surface area contributed by atoms with Crippen LogP contribution in [-0.4, -0.2) is 42.8 Å².